The summed E-state index contributed by atoms with van der Waals surface area (Å²) in [5.74, 6) is -1.40. The highest BCUT2D eigenvalue weighted by Crippen LogP contribution is 2.13. The van der Waals surface area contributed by atoms with Crippen molar-refractivity contribution in [2.45, 2.75) is 12.2 Å². The fraction of sp³-hybridized carbons (Fsp3) is 0.500. The third-order valence-corrected chi connectivity index (χ3v) is 1.34. The summed E-state index contributed by atoms with van der Waals surface area (Å²) >= 11 is 0. The first kappa shape index (κ1) is 8.03. The van der Waals surface area contributed by atoms with E-state index in [1.54, 1.807) is 0 Å². The monoisotopic (exact) mass is 160 g/mol. The molecule has 11 heavy (non-hydrogen) atoms. The van der Waals surface area contributed by atoms with Gasteiger partial charge in [-0.3, -0.25) is 0 Å². The molecule has 62 valence electrons. The second-order valence-corrected chi connectivity index (χ2v) is 2.17. The molecule has 2 atom stereocenters. The Bertz CT molecular complexity index is 197. The lowest BCUT2D eigenvalue weighted by atomic mass is 10.2. The fourth-order valence-electron chi connectivity index (χ4n) is 0.735. The smallest absolute Gasteiger partial charge is 0.373 e. The number of aliphatic hydroxyl groups excluding tert-OH is 3. The Morgan fingerprint density at radius 1 is 1.73 bits per heavy atom. The Morgan fingerprint density at radius 2 is 2.36 bits per heavy atom. The summed E-state index contributed by atoms with van der Waals surface area (Å²) in [7, 11) is 0. The molecular formula is C6H8O5. The van der Waals surface area contributed by atoms with E-state index >= 15 is 0 Å². The molecular weight excluding hydrogens is 152 g/mol. The molecule has 0 saturated carbocycles. The maximum Gasteiger partial charge on any atom is 0.373 e. The Balaban J connectivity index is 2.60. The molecule has 1 rings (SSSR count). The molecule has 0 aromatic rings. The SMILES string of the molecule is O=C1O[C@H]([C@@H](O)CO)C=C1O. The first-order chi connectivity index (χ1) is 5.15. The van der Waals surface area contributed by atoms with Crippen LogP contribution in [-0.2, 0) is 9.53 Å². The summed E-state index contributed by atoms with van der Waals surface area (Å²) in [4.78, 5) is 10.5. The predicted molar refractivity (Wildman–Crippen MR) is 33.7 cm³/mol. The van der Waals surface area contributed by atoms with E-state index in [1.807, 2.05) is 0 Å². The third kappa shape index (κ3) is 1.50. The zero-order valence-corrected chi connectivity index (χ0v) is 5.60. The summed E-state index contributed by atoms with van der Waals surface area (Å²) in [6.07, 6.45) is -1.03. The second kappa shape index (κ2) is 2.89. The number of carbonyl (C=O) groups excluding carboxylic acids is 1. The molecule has 5 heteroatoms. The van der Waals surface area contributed by atoms with Crippen molar-refractivity contribution in [1.82, 2.24) is 0 Å². The Kier molecular flexibility index (Phi) is 2.11. The van der Waals surface area contributed by atoms with Crippen molar-refractivity contribution in [2.24, 2.45) is 0 Å². The second-order valence-electron chi connectivity index (χ2n) is 2.17. The summed E-state index contributed by atoms with van der Waals surface area (Å²) < 4.78 is 4.43. The average Bonchev–Trinajstić information content (AvgIpc) is 2.31. The van der Waals surface area contributed by atoms with Crippen LogP contribution in [0.3, 0.4) is 0 Å². The van der Waals surface area contributed by atoms with Gasteiger partial charge >= 0.3 is 5.97 Å². The molecule has 1 heterocycles. The summed E-state index contributed by atoms with van der Waals surface area (Å²) in [5, 5.41) is 26.0. The molecule has 0 aromatic heterocycles. The number of hydrogen-bond acceptors (Lipinski definition) is 5. The molecule has 0 spiro atoms. The Morgan fingerprint density at radius 3 is 2.73 bits per heavy atom. The number of hydrogen-bond donors (Lipinski definition) is 3. The summed E-state index contributed by atoms with van der Waals surface area (Å²) in [5.41, 5.74) is 0. The molecule has 0 amide bonds. The zero-order valence-electron chi connectivity index (χ0n) is 5.60. The first-order valence-corrected chi connectivity index (χ1v) is 3.06. The molecule has 0 saturated heterocycles. The van der Waals surface area contributed by atoms with Gasteiger partial charge in [0, 0.05) is 6.08 Å². The van der Waals surface area contributed by atoms with Crippen molar-refractivity contribution < 1.29 is 24.9 Å². The minimum atomic E-state index is -1.16. The molecule has 0 fully saturated rings. The van der Waals surface area contributed by atoms with E-state index in [0.29, 0.717) is 0 Å². The standard InChI is InChI=1S/C6H8O5/c7-2-4(9)5-1-3(8)6(10)11-5/h1,4-5,7-9H,2H2/t4-,5-/m0/s1. The molecule has 0 aliphatic carbocycles. The van der Waals surface area contributed by atoms with Gasteiger partial charge < -0.3 is 20.1 Å². The van der Waals surface area contributed by atoms with E-state index in [-0.39, 0.29) is 0 Å². The van der Waals surface area contributed by atoms with E-state index in [2.05, 4.69) is 4.74 Å². The van der Waals surface area contributed by atoms with Crippen LogP contribution in [0, 0.1) is 0 Å². The normalized spacial score (nSPS) is 26.2. The van der Waals surface area contributed by atoms with Gasteiger partial charge in [0.05, 0.1) is 6.61 Å². The van der Waals surface area contributed by atoms with Gasteiger partial charge in [0.1, 0.15) is 6.10 Å². The predicted octanol–water partition coefficient (Wildman–Crippen LogP) is -1.29. The minimum Gasteiger partial charge on any atom is -0.502 e. The summed E-state index contributed by atoms with van der Waals surface area (Å²) in [6.45, 7) is -0.512. The number of aliphatic hydroxyl groups is 3. The fourth-order valence-corrected chi connectivity index (χ4v) is 0.735. The number of ether oxygens (including phenoxy) is 1. The average molecular weight is 160 g/mol. The highest BCUT2D eigenvalue weighted by molar-refractivity contribution is 5.88. The van der Waals surface area contributed by atoms with E-state index in [1.165, 1.54) is 0 Å². The van der Waals surface area contributed by atoms with Crippen molar-refractivity contribution in [3.05, 3.63) is 11.8 Å². The van der Waals surface area contributed by atoms with Crippen molar-refractivity contribution in [3.63, 3.8) is 0 Å². The van der Waals surface area contributed by atoms with Crippen LogP contribution in [0.1, 0.15) is 0 Å². The largest absolute Gasteiger partial charge is 0.502 e. The van der Waals surface area contributed by atoms with Crippen LogP contribution in [0.25, 0.3) is 0 Å². The van der Waals surface area contributed by atoms with Crippen LogP contribution in [0.2, 0.25) is 0 Å². The van der Waals surface area contributed by atoms with Gasteiger partial charge in [-0.2, -0.15) is 0 Å². The third-order valence-electron chi connectivity index (χ3n) is 1.34. The molecule has 0 unspecified atom stereocenters. The van der Waals surface area contributed by atoms with Gasteiger partial charge in [-0.05, 0) is 0 Å². The van der Waals surface area contributed by atoms with E-state index in [9.17, 15) is 4.79 Å². The molecule has 1 aliphatic rings. The lowest BCUT2D eigenvalue weighted by Crippen LogP contribution is -2.28. The molecule has 0 bridgehead atoms. The quantitative estimate of drug-likeness (QED) is 0.437. The van der Waals surface area contributed by atoms with Crippen LogP contribution in [0.15, 0.2) is 11.8 Å². The molecule has 3 N–H and O–H groups in total. The van der Waals surface area contributed by atoms with Gasteiger partial charge in [0.15, 0.2) is 6.10 Å². The molecule has 0 aromatic carbocycles. The lowest BCUT2D eigenvalue weighted by Gasteiger charge is -2.11. The molecule has 1 aliphatic heterocycles. The highest BCUT2D eigenvalue weighted by Gasteiger charge is 2.29. The summed E-state index contributed by atoms with van der Waals surface area (Å²) in [6, 6.07) is 0. The number of cyclic esters (lactones) is 1. The zero-order chi connectivity index (χ0) is 8.43. The topological polar surface area (TPSA) is 87.0 Å². The van der Waals surface area contributed by atoms with Gasteiger partial charge in [0.2, 0.25) is 5.76 Å². The Labute approximate surface area is 62.5 Å². The van der Waals surface area contributed by atoms with Gasteiger partial charge in [-0.1, -0.05) is 0 Å². The molecule has 0 radical (unpaired) electrons. The lowest BCUT2D eigenvalue weighted by molar-refractivity contribution is -0.146. The molecule has 5 nitrogen and oxygen atoms in total. The maximum absolute atomic E-state index is 10.5. The van der Waals surface area contributed by atoms with Gasteiger partial charge in [0.25, 0.3) is 0 Å². The van der Waals surface area contributed by atoms with E-state index in [4.69, 9.17) is 15.3 Å². The van der Waals surface area contributed by atoms with Crippen LogP contribution in [-0.4, -0.2) is 40.1 Å². The van der Waals surface area contributed by atoms with Gasteiger partial charge in [-0.15, -0.1) is 0 Å². The van der Waals surface area contributed by atoms with E-state index in [0.717, 1.165) is 6.08 Å². The van der Waals surface area contributed by atoms with Crippen LogP contribution in [0.5, 0.6) is 0 Å². The van der Waals surface area contributed by atoms with Crippen molar-refractivity contribution in [1.29, 1.82) is 0 Å². The highest BCUT2D eigenvalue weighted by atomic mass is 16.6. The number of esters is 1. The van der Waals surface area contributed by atoms with Crippen LogP contribution < -0.4 is 0 Å². The van der Waals surface area contributed by atoms with Gasteiger partial charge in [-0.25, -0.2) is 4.79 Å². The van der Waals surface area contributed by atoms with Crippen molar-refractivity contribution >= 4 is 5.97 Å². The first-order valence-electron chi connectivity index (χ1n) is 3.06. The van der Waals surface area contributed by atoms with Crippen LogP contribution in [0.4, 0.5) is 0 Å². The van der Waals surface area contributed by atoms with Crippen molar-refractivity contribution in [3.8, 4) is 0 Å². The number of carbonyl (C=O) groups is 1. The Hall–Kier alpha value is -1.07. The van der Waals surface area contributed by atoms with Crippen LogP contribution >= 0.6 is 0 Å². The maximum atomic E-state index is 10.5. The number of rotatable bonds is 2. The minimum absolute atomic E-state index is 0.512. The van der Waals surface area contributed by atoms with E-state index < -0.39 is 30.5 Å². The van der Waals surface area contributed by atoms with Crippen molar-refractivity contribution in [2.75, 3.05) is 6.61 Å².